The van der Waals surface area contributed by atoms with Gasteiger partial charge in [0.05, 0.1) is 6.67 Å². The fraction of sp³-hybridized carbons (Fsp3) is 1.00. The van der Waals surface area contributed by atoms with Gasteiger partial charge in [0.1, 0.15) is 0 Å². The fourth-order valence-corrected chi connectivity index (χ4v) is 4.10. The second-order valence-corrected chi connectivity index (χ2v) is 7.45. The first-order valence-corrected chi connectivity index (χ1v) is 6.67. The molecule has 1 heterocycles. The Morgan fingerprint density at radius 2 is 1.93 bits per heavy atom. The molecule has 0 aromatic heterocycles. The molecule has 1 unspecified atom stereocenters. The molecular weight excluding hydrogens is 204 g/mol. The summed E-state index contributed by atoms with van der Waals surface area (Å²) in [6, 6.07) is 0. The van der Waals surface area contributed by atoms with Crippen molar-refractivity contribution in [2.24, 2.45) is 5.41 Å². The highest BCUT2D eigenvalue weighted by Crippen LogP contribution is 2.48. The van der Waals surface area contributed by atoms with Gasteiger partial charge in [-0.25, -0.2) is 4.31 Å². The molecule has 0 aliphatic carbocycles. The third kappa shape index (κ3) is 2.89. The maximum absolute atomic E-state index is 2.42. The van der Waals surface area contributed by atoms with Crippen LogP contribution >= 0.6 is 11.9 Å². The van der Waals surface area contributed by atoms with Crippen molar-refractivity contribution in [2.45, 2.75) is 45.3 Å². The SMILES string of the molecule is CCCC(C)(C)C1(C)CN(C)CN(C)S1. The lowest BCUT2D eigenvalue weighted by Gasteiger charge is -2.51. The van der Waals surface area contributed by atoms with Crippen LogP contribution in [-0.4, -0.2) is 41.3 Å². The summed E-state index contributed by atoms with van der Waals surface area (Å²) in [4.78, 5) is 2.42. The van der Waals surface area contributed by atoms with Crippen molar-refractivity contribution < 1.29 is 0 Å². The highest BCUT2D eigenvalue weighted by atomic mass is 32.2. The normalized spacial score (nSPS) is 30.8. The molecular formula is C12H26N2S. The zero-order valence-corrected chi connectivity index (χ0v) is 11.9. The van der Waals surface area contributed by atoms with Crippen LogP contribution < -0.4 is 0 Å². The summed E-state index contributed by atoms with van der Waals surface area (Å²) in [6.45, 7) is 11.8. The van der Waals surface area contributed by atoms with Gasteiger partial charge < -0.3 is 0 Å². The summed E-state index contributed by atoms with van der Waals surface area (Å²) in [5.41, 5.74) is 0.398. The number of hydrogen-bond acceptors (Lipinski definition) is 3. The van der Waals surface area contributed by atoms with Gasteiger partial charge in [-0.3, -0.25) is 4.90 Å². The van der Waals surface area contributed by atoms with Crippen LogP contribution in [0.5, 0.6) is 0 Å². The molecule has 0 N–H and O–H groups in total. The van der Waals surface area contributed by atoms with E-state index in [0.29, 0.717) is 10.2 Å². The molecule has 3 heteroatoms. The zero-order valence-electron chi connectivity index (χ0n) is 11.1. The lowest BCUT2D eigenvalue weighted by Crippen LogP contribution is -2.54. The maximum atomic E-state index is 2.42. The summed E-state index contributed by atoms with van der Waals surface area (Å²) < 4.78 is 2.70. The van der Waals surface area contributed by atoms with Crippen LogP contribution in [0.25, 0.3) is 0 Å². The molecule has 0 aromatic rings. The standard InChI is InChI=1S/C12H26N2S/c1-7-8-11(2,3)12(4)9-13(5)10-14(6)15-12/h7-10H2,1-6H3. The number of hydrogen-bond donors (Lipinski definition) is 0. The number of rotatable bonds is 3. The van der Waals surface area contributed by atoms with E-state index in [1.807, 2.05) is 11.9 Å². The molecule has 0 spiro atoms. The molecule has 0 bridgehead atoms. The van der Waals surface area contributed by atoms with Gasteiger partial charge >= 0.3 is 0 Å². The van der Waals surface area contributed by atoms with Crippen molar-refractivity contribution in [1.29, 1.82) is 0 Å². The topological polar surface area (TPSA) is 6.48 Å². The Balaban J connectivity index is 2.79. The summed E-state index contributed by atoms with van der Waals surface area (Å²) in [6.07, 6.45) is 2.58. The quantitative estimate of drug-likeness (QED) is 0.688. The highest BCUT2D eigenvalue weighted by Gasteiger charge is 2.45. The van der Waals surface area contributed by atoms with Crippen LogP contribution in [0.15, 0.2) is 0 Å². The number of nitrogens with zero attached hydrogens (tertiary/aromatic N) is 2. The lowest BCUT2D eigenvalue weighted by atomic mass is 9.75. The Hall–Kier alpha value is 0.270. The summed E-state index contributed by atoms with van der Waals surface area (Å²) in [5.74, 6) is 0. The molecule has 15 heavy (non-hydrogen) atoms. The zero-order chi connectivity index (χ0) is 11.7. The van der Waals surface area contributed by atoms with Gasteiger partial charge in [-0.05, 0) is 32.9 Å². The fourth-order valence-electron chi connectivity index (χ4n) is 2.53. The van der Waals surface area contributed by atoms with Crippen LogP contribution in [0.4, 0.5) is 0 Å². The third-order valence-corrected chi connectivity index (χ3v) is 5.19. The van der Waals surface area contributed by atoms with Gasteiger partial charge in [0.15, 0.2) is 0 Å². The van der Waals surface area contributed by atoms with Crippen LogP contribution in [0.2, 0.25) is 0 Å². The van der Waals surface area contributed by atoms with E-state index in [9.17, 15) is 0 Å². The molecule has 1 fully saturated rings. The van der Waals surface area contributed by atoms with E-state index >= 15 is 0 Å². The van der Waals surface area contributed by atoms with Gasteiger partial charge in [-0.15, -0.1) is 0 Å². The molecule has 0 radical (unpaired) electrons. The van der Waals surface area contributed by atoms with Gasteiger partial charge in [0.2, 0.25) is 0 Å². The predicted molar refractivity (Wildman–Crippen MR) is 69.9 cm³/mol. The van der Waals surface area contributed by atoms with Gasteiger partial charge in [0, 0.05) is 11.3 Å². The summed E-state index contributed by atoms with van der Waals surface area (Å²) in [7, 11) is 4.41. The van der Waals surface area contributed by atoms with Crippen LogP contribution in [0.3, 0.4) is 0 Å². The highest BCUT2D eigenvalue weighted by molar-refractivity contribution is 7.98. The maximum Gasteiger partial charge on any atom is 0.0601 e. The van der Waals surface area contributed by atoms with E-state index in [1.165, 1.54) is 19.4 Å². The second-order valence-electron chi connectivity index (χ2n) is 5.74. The Labute approximate surface area is 99.5 Å². The smallest absolute Gasteiger partial charge is 0.0601 e. The molecule has 0 aromatic carbocycles. The van der Waals surface area contributed by atoms with E-state index in [0.717, 1.165) is 6.67 Å². The Kier molecular flexibility index (Phi) is 4.13. The molecule has 1 aliphatic rings. The van der Waals surface area contributed by atoms with E-state index in [-0.39, 0.29) is 0 Å². The summed E-state index contributed by atoms with van der Waals surface area (Å²) >= 11 is 2.03. The van der Waals surface area contributed by atoms with Crippen LogP contribution in [0.1, 0.15) is 40.5 Å². The van der Waals surface area contributed by atoms with E-state index < -0.39 is 0 Å². The summed E-state index contributed by atoms with van der Waals surface area (Å²) in [5, 5.41) is 0. The van der Waals surface area contributed by atoms with E-state index in [2.05, 4.69) is 51.0 Å². The molecule has 90 valence electrons. The average molecular weight is 230 g/mol. The van der Waals surface area contributed by atoms with Crippen LogP contribution in [-0.2, 0) is 0 Å². The van der Waals surface area contributed by atoms with Crippen molar-refractivity contribution in [3.05, 3.63) is 0 Å². The molecule has 1 rings (SSSR count). The Morgan fingerprint density at radius 3 is 2.40 bits per heavy atom. The lowest BCUT2D eigenvalue weighted by molar-refractivity contribution is 0.138. The van der Waals surface area contributed by atoms with E-state index in [4.69, 9.17) is 0 Å². The molecule has 1 atom stereocenters. The van der Waals surface area contributed by atoms with Crippen LogP contribution in [0, 0.1) is 5.41 Å². The minimum absolute atomic E-state index is 0.338. The molecule has 1 saturated heterocycles. The minimum atomic E-state index is 0.338. The Bertz CT molecular complexity index is 206. The Morgan fingerprint density at radius 1 is 1.33 bits per heavy atom. The average Bonchev–Trinajstić information content (AvgIpc) is 2.00. The monoisotopic (exact) mass is 230 g/mol. The van der Waals surface area contributed by atoms with Gasteiger partial charge in [-0.2, -0.15) is 0 Å². The van der Waals surface area contributed by atoms with Crippen molar-refractivity contribution >= 4 is 11.9 Å². The largest absolute Gasteiger partial charge is 0.291 e. The van der Waals surface area contributed by atoms with Gasteiger partial charge in [0.25, 0.3) is 0 Å². The van der Waals surface area contributed by atoms with Crippen molar-refractivity contribution in [3.8, 4) is 0 Å². The predicted octanol–water partition coefficient (Wildman–Crippen LogP) is 3.05. The van der Waals surface area contributed by atoms with Gasteiger partial charge in [-0.1, -0.05) is 39.1 Å². The minimum Gasteiger partial charge on any atom is -0.291 e. The molecule has 1 aliphatic heterocycles. The molecule has 0 saturated carbocycles. The van der Waals surface area contributed by atoms with Crippen molar-refractivity contribution in [1.82, 2.24) is 9.21 Å². The second kappa shape index (κ2) is 4.64. The first kappa shape index (κ1) is 13.3. The first-order valence-electron chi connectivity index (χ1n) is 5.89. The van der Waals surface area contributed by atoms with E-state index in [1.54, 1.807) is 0 Å². The van der Waals surface area contributed by atoms with Crippen molar-refractivity contribution in [2.75, 3.05) is 27.3 Å². The third-order valence-electron chi connectivity index (χ3n) is 3.68. The first-order chi connectivity index (χ1) is 6.81. The van der Waals surface area contributed by atoms with Crippen molar-refractivity contribution in [3.63, 3.8) is 0 Å². The molecule has 0 amide bonds. The molecule has 2 nitrogen and oxygen atoms in total.